The molecule has 1 N–H and O–H groups in total. The molecule has 1 unspecified atom stereocenters. The Kier molecular flexibility index (Phi) is 5.92. The molecule has 1 saturated heterocycles. The van der Waals surface area contributed by atoms with Crippen LogP contribution >= 0.6 is 35.6 Å². The molecule has 19 heavy (non-hydrogen) atoms. The van der Waals surface area contributed by atoms with Crippen molar-refractivity contribution < 1.29 is 8.42 Å². The highest BCUT2D eigenvalue weighted by Crippen LogP contribution is 2.26. The molecule has 2 rings (SSSR count). The quantitative estimate of drug-likeness (QED) is 0.915. The van der Waals surface area contributed by atoms with Gasteiger partial charge in [-0.2, -0.15) is 4.31 Å². The average molecular weight is 346 g/mol. The van der Waals surface area contributed by atoms with Crippen molar-refractivity contribution in [1.82, 2.24) is 9.62 Å². The molecule has 0 bridgehead atoms. The van der Waals surface area contributed by atoms with Gasteiger partial charge in [0.2, 0.25) is 10.0 Å². The summed E-state index contributed by atoms with van der Waals surface area (Å²) in [6, 6.07) is 4.57. The van der Waals surface area contributed by atoms with Crippen molar-refractivity contribution in [3.63, 3.8) is 0 Å². The predicted molar refractivity (Wildman–Crippen MR) is 79.9 cm³/mol. The van der Waals surface area contributed by atoms with Gasteiger partial charge in [-0.05, 0) is 31.7 Å². The van der Waals surface area contributed by atoms with Crippen LogP contribution in [0, 0.1) is 0 Å². The molecule has 1 aliphatic heterocycles. The van der Waals surface area contributed by atoms with Gasteiger partial charge in [-0.25, -0.2) is 8.42 Å². The summed E-state index contributed by atoms with van der Waals surface area (Å²) in [6.45, 7) is 0.987. The topological polar surface area (TPSA) is 49.4 Å². The molecule has 1 heterocycles. The Hall–Kier alpha value is -0.0400. The van der Waals surface area contributed by atoms with E-state index in [4.69, 9.17) is 23.2 Å². The minimum Gasteiger partial charge on any atom is -0.316 e. The molecule has 0 radical (unpaired) electrons. The first-order valence-electron chi connectivity index (χ1n) is 5.57. The first-order valence-corrected chi connectivity index (χ1v) is 7.76. The molecular weight excluding hydrogens is 331 g/mol. The summed E-state index contributed by atoms with van der Waals surface area (Å²) in [5.41, 5.74) is 0. The molecule has 0 saturated carbocycles. The first kappa shape index (κ1) is 17.0. The van der Waals surface area contributed by atoms with E-state index in [0.717, 1.165) is 6.42 Å². The van der Waals surface area contributed by atoms with Gasteiger partial charge in [0.15, 0.2) is 0 Å². The van der Waals surface area contributed by atoms with Gasteiger partial charge >= 0.3 is 0 Å². The van der Waals surface area contributed by atoms with Gasteiger partial charge in [0.1, 0.15) is 0 Å². The number of nitrogens with one attached hydrogen (secondary N) is 1. The maximum Gasteiger partial charge on any atom is 0.243 e. The normalized spacial score (nSPS) is 20.3. The van der Waals surface area contributed by atoms with Gasteiger partial charge in [0.05, 0.1) is 4.90 Å². The largest absolute Gasteiger partial charge is 0.316 e. The maximum atomic E-state index is 12.4. The van der Waals surface area contributed by atoms with Crippen LogP contribution in [-0.4, -0.2) is 38.9 Å². The fourth-order valence-electron chi connectivity index (χ4n) is 2.01. The first-order chi connectivity index (χ1) is 8.43. The lowest BCUT2D eigenvalue weighted by atomic mass is 10.3. The number of likely N-dealkylation sites (N-methyl/N-ethyl adjacent to an activating group) is 1. The van der Waals surface area contributed by atoms with Crippen molar-refractivity contribution >= 4 is 45.6 Å². The number of benzene rings is 1. The molecule has 1 aromatic carbocycles. The fourth-order valence-corrected chi connectivity index (χ4v) is 4.24. The van der Waals surface area contributed by atoms with E-state index in [1.54, 1.807) is 0 Å². The van der Waals surface area contributed by atoms with Crippen LogP contribution in [-0.2, 0) is 10.0 Å². The summed E-state index contributed by atoms with van der Waals surface area (Å²) in [6.07, 6.45) is 0.810. The van der Waals surface area contributed by atoms with Crippen molar-refractivity contribution in [2.24, 2.45) is 0 Å². The molecule has 1 aromatic rings. The highest BCUT2D eigenvalue weighted by Gasteiger charge is 2.32. The molecule has 108 valence electrons. The van der Waals surface area contributed by atoms with E-state index >= 15 is 0 Å². The number of sulfonamides is 1. The molecule has 1 fully saturated rings. The summed E-state index contributed by atoms with van der Waals surface area (Å²) in [5.74, 6) is 0. The summed E-state index contributed by atoms with van der Waals surface area (Å²) in [5, 5.41) is 3.73. The van der Waals surface area contributed by atoms with Gasteiger partial charge in [-0.1, -0.05) is 23.2 Å². The average Bonchev–Trinajstić information content (AvgIpc) is 2.76. The van der Waals surface area contributed by atoms with E-state index in [2.05, 4.69) is 5.32 Å². The standard InChI is InChI=1S/C11H14Cl2N2O2S.ClH/c1-14-10-2-3-15(7-10)18(16,17)11-5-8(12)4-9(13)6-11;/h4-6,10,14H,2-3,7H2,1H3;1H. The minimum atomic E-state index is -3.50. The minimum absolute atomic E-state index is 0. The zero-order chi connectivity index (χ0) is 13.3. The van der Waals surface area contributed by atoms with Crippen LogP contribution in [0.2, 0.25) is 10.0 Å². The molecule has 0 aromatic heterocycles. The van der Waals surface area contributed by atoms with Gasteiger partial charge in [-0.3, -0.25) is 0 Å². The van der Waals surface area contributed by atoms with Crippen LogP contribution in [0.5, 0.6) is 0 Å². The zero-order valence-corrected chi connectivity index (χ0v) is 13.4. The Morgan fingerprint density at radius 2 is 1.84 bits per heavy atom. The molecule has 0 amide bonds. The smallest absolute Gasteiger partial charge is 0.243 e. The van der Waals surface area contributed by atoms with E-state index in [1.165, 1.54) is 22.5 Å². The van der Waals surface area contributed by atoms with Crippen molar-refractivity contribution in [2.75, 3.05) is 20.1 Å². The van der Waals surface area contributed by atoms with Crippen LogP contribution in [0.25, 0.3) is 0 Å². The second-order valence-electron chi connectivity index (χ2n) is 4.24. The Bertz CT molecular complexity index is 531. The maximum absolute atomic E-state index is 12.4. The zero-order valence-electron chi connectivity index (χ0n) is 10.3. The number of hydrogen-bond acceptors (Lipinski definition) is 3. The molecule has 1 atom stereocenters. The summed E-state index contributed by atoms with van der Waals surface area (Å²) in [4.78, 5) is 0.150. The summed E-state index contributed by atoms with van der Waals surface area (Å²) < 4.78 is 26.2. The Morgan fingerprint density at radius 3 is 2.32 bits per heavy atom. The second kappa shape index (κ2) is 6.61. The molecular formula is C11H15Cl3N2O2S. The number of hydrogen-bond donors (Lipinski definition) is 1. The second-order valence-corrected chi connectivity index (χ2v) is 7.05. The number of rotatable bonds is 3. The lowest BCUT2D eigenvalue weighted by Crippen LogP contribution is -2.33. The summed E-state index contributed by atoms with van der Waals surface area (Å²) >= 11 is 11.7. The van der Waals surface area contributed by atoms with Gasteiger partial charge < -0.3 is 5.32 Å². The lowest BCUT2D eigenvalue weighted by Gasteiger charge is -2.16. The van der Waals surface area contributed by atoms with Gasteiger partial charge in [0, 0.05) is 29.2 Å². The van der Waals surface area contributed by atoms with Crippen molar-refractivity contribution in [1.29, 1.82) is 0 Å². The predicted octanol–water partition coefficient (Wildman–Crippen LogP) is 2.40. The van der Waals surface area contributed by atoms with Crippen LogP contribution in [0.4, 0.5) is 0 Å². The Morgan fingerprint density at radius 1 is 1.26 bits per heavy atom. The van der Waals surface area contributed by atoms with E-state index in [0.29, 0.717) is 23.1 Å². The van der Waals surface area contributed by atoms with E-state index in [-0.39, 0.29) is 23.3 Å². The van der Waals surface area contributed by atoms with Crippen LogP contribution in [0.3, 0.4) is 0 Å². The van der Waals surface area contributed by atoms with E-state index < -0.39 is 10.0 Å². The lowest BCUT2D eigenvalue weighted by molar-refractivity contribution is 0.464. The number of halogens is 3. The van der Waals surface area contributed by atoms with E-state index in [1.807, 2.05) is 7.05 Å². The third-order valence-electron chi connectivity index (χ3n) is 3.03. The third-order valence-corrected chi connectivity index (χ3v) is 5.31. The SMILES string of the molecule is CNC1CCN(S(=O)(=O)c2cc(Cl)cc(Cl)c2)C1.Cl. The van der Waals surface area contributed by atoms with Crippen molar-refractivity contribution in [2.45, 2.75) is 17.4 Å². The molecule has 8 heteroatoms. The van der Waals surface area contributed by atoms with Crippen molar-refractivity contribution in [3.8, 4) is 0 Å². The molecule has 1 aliphatic rings. The van der Waals surface area contributed by atoms with Gasteiger partial charge in [-0.15, -0.1) is 12.4 Å². The van der Waals surface area contributed by atoms with E-state index in [9.17, 15) is 8.42 Å². The molecule has 0 aliphatic carbocycles. The highest BCUT2D eigenvalue weighted by molar-refractivity contribution is 7.89. The van der Waals surface area contributed by atoms with Crippen LogP contribution in [0.1, 0.15) is 6.42 Å². The Labute approximate surface area is 129 Å². The monoisotopic (exact) mass is 344 g/mol. The van der Waals surface area contributed by atoms with Crippen molar-refractivity contribution in [3.05, 3.63) is 28.2 Å². The third kappa shape index (κ3) is 3.74. The van der Waals surface area contributed by atoms with Crippen LogP contribution in [0.15, 0.2) is 23.1 Å². The van der Waals surface area contributed by atoms with Gasteiger partial charge in [0.25, 0.3) is 0 Å². The molecule has 4 nitrogen and oxygen atoms in total. The van der Waals surface area contributed by atoms with Crippen LogP contribution < -0.4 is 5.32 Å². The summed E-state index contributed by atoms with van der Waals surface area (Å²) in [7, 11) is -1.67. The Balaban J connectivity index is 0.00000180. The highest BCUT2D eigenvalue weighted by atomic mass is 35.5. The number of nitrogens with zero attached hydrogens (tertiary/aromatic N) is 1. The fraction of sp³-hybridized carbons (Fsp3) is 0.455. The molecule has 0 spiro atoms.